The monoisotopic (exact) mass is 342 g/mol. The van der Waals surface area contributed by atoms with E-state index in [1.807, 2.05) is 0 Å². The maximum Gasteiger partial charge on any atom is 0.296 e. The maximum absolute atomic E-state index is 11.5. The SMILES string of the molecule is O=S(=O)(O)c1cccc(CNc2[c]cccc2)c1S(=O)(=O)O. The summed E-state index contributed by atoms with van der Waals surface area (Å²) in [6.07, 6.45) is 0. The van der Waals surface area contributed by atoms with Gasteiger partial charge in [0.1, 0.15) is 9.79 Å². The molecule has 0 saturated heterocycles. The number of para-hydroxylation sites is 1. The molecule has 3 N–H and O–H groups in total. The van der Waals surface area contributed by atoms with Crippen molar-refractivity contribution in [1.29, 1.82) is 0 Å². The zero-order chi connectivity index (χ0) is 16.4. The van der Waals surface area contributed by atoms with Crippen LogP contribution in [0.1, 0.15) is 5.56 Å². The Morgan fingerprint density at radius 1 is 0.955 bits per heavy atom. The van der Waals surface area contributed by atoms with E-state index in [0.717, 1.165) is 6.07 Å². The summed E-state index contributed by atoms with van der Waals surface area (Å²) in [4.78, 5) is -1.72. The summed E-state index contributed by atoms with van der Waals surface area (Å²) >= 11 is 0. The predicted octanol–water partition coefficient (Wildman–Crippen LogP) is 1.59. The third-order valence-corrected chi connectivity index (χ3v) is 4.80. The van der Waals surface area contributed by atoms with E-state index in [9.17, 15) is 21.4 Å². The van der Waals surface area contributed by atoms with Crippen LogP contribution in [0.3, 0.4) is 0 Å². The van der Waals surface area contributed by atoms with Gasteiger partial charge in [-0.05, 0) is 17.7 Å². The molecule has 2 aromatic rings. The van der Waals surface area contributed by atoms with Gasteiger partial charge in [-0.2, -0.15) is 16.8 Å². The second-order valence-corrected chi connectivity index (χ2v) is 7.07. The van der Waals surface area contributed by atoms with Gasteiger partial charge in [0.05, 0.1) is 0 Å². The highest BCUT2D eigenvalue weighted by Gasteiger charge is 2.26. The van der Waals surface area contributed by atoms with Crippen LogP contribution in [0.5, 0.6) is 0 Å². The van der Waals surface area contributed by atoms with Gasteiger partial charge >= 0.3 is 0 Å². The van der Waals surface area contributed by atoms with Gasteiger partial charge in [0.15, 0.2) is 0 Å². The Labute approximate surface area is 128 Å². The van der Waals surface area contributed by atoms with Crippen molar-refractivity contribution in [2.45, 2.75) is 16.3 Å². The lowest BCUT2D eigenvalue weighted by molar-refractivity contribution is 0.465. The van der Waals surface area contributed by atoms with Crippen molar-refractivity contribution in [2.75, 3.05) is 5.32 Å². The molecule has 2 aromatic carbocycles. The molecule has 0 saturated carbocycles. The van der Waals surface area contributed by atoms with Crippen molar-refractivity contribution in [3.63, 3.8) is 0 Å². The highest BCUT2D eigenvalue weighted by atomic mass is 32.2. The number of benzene rings is 2. The second-order valence-electron chi connectivity index (χ2n) is 4.32. The molecular weight excluding hydrogens is 330 g/mol. The summed E-state index contributed by atoms with van der Waals surface area (Å²) in [5, 5.41) is 2.84. The zero-order valence-corrected chi connectivity index (χ0v) is 12.7. The maximum atomic E-state index is 11.5. The number of hydrogen-bond acceptors (Lipinski definition) is 5. The quantitative estimate of drug-likeness (QED) is 0.706. The summed E-state index contributed by atoms with van der Waals surface area (Å²) in [6.45, 7) is -0.0843. The summed E-state index contributed by atoms with van der Waals surface area (Å²) in [5.41, 5.74) is 0.552. The van der Waals surface area contributed by atoms with E-state index in [4.69, 9.17) is 4.55 Å². The Morgan fingerprint density at radius 3 is 2.23 bits per heavy atom. The molecule has 0 aliphatic heterocycles. The van der Waals surface area contributed by atoms with Crippen LogP contribution < -0.4 is 5.32 Å². The van der Waals surface area contributed by atoms with E-state index >= 15 is 0 Å². The van der Waals surface area contributed by atoms with Crippen LogP contribution in [-0.2, 0) is 26.8 Å². The average molecular weight is 342 g/mol. The first-order valence-corrected chi connectivity index (χ1v) is 8.85. The molecule has 0 heterocycles. The smallest absolute Gasteiger partial charge is 0.296 e. The van der Waals surface area contributed by atoms with Crippen LogP contribution >= 0.6 is 0 Å². The van der Waals surface area contributed by atoms with Gasteiger partial charge < -0.3 is 5.32 Å². The Bertz CT molecular complexity index is 876. The van der Waals surface area contributed by atoms with Gasteiger partial charge in [-0.1, -0.05) is 30.3 Å². The highest BCUT2D eigenvalue weighted by molar-refractivity contribution is 7.89. The fraction of sp³-hybridized carbons (Fsp3) is 0.0769. The number of hydrogen-bond donors (Lipinski definition) is 3. The molecule has 1 radical (unpaired) electrons. The van der Waals surface area contributed by atoms with Crippen LogP contribution in [0.4, 0.5) is 5.69 Å². The molecule has 0 bridgehead atoms. The van der Waals surface area contributed by atoms with Crippen molar-refractivity contribution >= 4 is 25.9 Å². The first kappa shape index (κ1) is 16.4. The molecule has 9 heteroatoms. The van der Waals surface area contributed by atoms with Crippen LogP contribution in [0.2, 0.25) is 0 Å². The Balaban J connectivity index is 2.48. The van der Waals surface area contributed by atoms with Crippen molar-refractivity contribution in [3.05, 3.63) is 54.1 Å². The van der Waals surface area contributed by atoms with E-state index < -0.39 is 30.0 Å². The first-order chi connectivity index (χ1) is 10.2. The minimum absolute atomic E-state index is 0.00474. The van der Waals surface area contributed by atoms with Crippen LogP contribution in [0.25, 0.3) is 0 Å². The van der Waals surface area contributed by atoms with Crippen molar-refractivity contribution < 1.29 is 25.9 Å². The lowest BCUT2D eigenvalue weighted by Crippen LogP contribution is -2.13. The molecule has 117 valence electrons. The molecule has 0 aliphatic carbocycles. The first-order valence-electron chi connectivity index (χ1n) is 5.97. The van der Waals surface area contributed by atoms with E-state index in [1.54, 1.807) is 24.3 Å². The molecule has 2 rings (SSSR count). The zero-order valence-electron chi connectivity index (χ0n) is 11.1. The summed E-state index contributed by atoms with van der Waals surface area (Å²) in [6, 6.07) is 13.1. The average Bonchev–Trinajstić information content (AvgIpc) is 2.44. The highest BCUT2D eigenvalue weighted by Crippen LogP contribution is 2.25. The lowest BCUT2D eigenvalue weighted by atomic mass is 10.2. The van der Waals surface area contributed by atoms with Gasteiger partial charge in [0, 0.05) is 18.3 Å². The number of rotatable bonds is 5. The number of nitrogens with one attached hydrogen (secondary N) is 1. The predicted molar refractivity (Wildman–Crippen MR) is 78.7 cm³/mol. The van der Waals surface area contributed by atoms with Crippen molar-refractivity contribution in [3.8, 4) is 0 Å². The van der Waals surface area contributed by atoms with Gasteiger partial charge in [-0.15, -0.1) is 0 Å². The molecule has 0 aliphatic rings. The molecule has 0 aromatic heterocycles. The molecule has 0 amide bonds. The summed E-state index contributed by atoms with van der Waals surface area (Å²) < 4.78 is 63.9. The van der Waals surface area contributed by atoms with Crippen LogP contribution in [0.15, 0.2) is 52.3 Å². The Hall–Kier alpha value is -1.94. The summed E-state index contributed by atoms with van der Waals surface area (Å²) in [5.74, 6) is 0. The van der Waals surface area contributed by atoms with E-state index in [0.29, 0.717) is 5.69 Å². The molecule has 0 unspecified atom stereocenters. The van der Waals surface area contributed by atoms with Gasteiger partial charge in [0.25, 0.3) is 20.2 Å². The minimum Gasteiger partial charge on any atom is -0.380 e. The minimum atomic E-state index is -4.84. The second kappa shape index (κ2) is 6.05. The van der Waals surface area contributed by atoms with Gasteiger partial charge in [-0.3, -0.25) is 9.11 Å². The van der Waals surface area contributed by atoms with Crippen LogP contribution in [-0.4, -0.2) is 25.9 Å². The molecule has 0 spiro atoms. The molecule has 7 nitrogen and oxygen atoms in total. The fourth-order valence-corrected chi connectivity index (χ4v) is 3.93. The third kappa shape index (κ3) is 3.83. The molecule has 0 atom stereocenters. The lowest BCUT2D eigenvalue weighted by Gasteiger charge is -2.12. The molecule has 22 heavy (non-hydrogen) atoms. The normalized spacial score (nSPS) is 12.1. The Kier molecular flexibility index (Phi) is 4.52. The van der Waals surface area contributed by atoms with E-state index in [2.05, 4.69) is 11.4 Å². The summed E-state index contributed by atoms with van der Waals surface area (Å²) in [7, 11) is -9.64. The number of anilines is 1. The van der Waals surface area contributed by atoms with E-state index in [-0.39, 0.29) is 12.1 Å². The molecule has 0 fully saturated rings. The van der Waals surface area contributed by atoms with Crippen LogP contribution in [0, 0.1) is 6.07 Å². The van der Waals surface area contributed by atoms with Crippen molar-refractivity contribution in [2.24, 2.45) is 0 Å². The van der Waals surface area contributed by atoms with Gasteiger partial charge in [0.2, 0.25) is 0 Å². The standard InChI is InChI=1S/C13H12NO6S2/c15-21(16,17)12-8-4-5-10(13(12)22(18,19)20)9-14-11-6-2-1-3-7-11/h1-6,8,14H,9H2,(H,15,16,17)(H,18,19,20). The van der Waals surface area contributed by atoms with Gasteiger partial charge in [-0.25, -0.2) is 0 Å². The Morgan fingerprint density at radius 2 is 1.68 bits per heavy atom. The fourth-order valence-electron chi connectivity index (χ4n) is 1.89. The topological polar surface area (TPSA) is 121 Å². The third-order valence-electron chi connectivity index (χ3n) is 2.77. The molecular formula is C13H12NO6S2. The largest absolute Gasteiger partial charge is 0.380 e. The van der Waals surface area contributed by atoms with E-state index in [1.165, 1.54) is 12.1 Å². The van der Waals surface area contributed by atoms with Crippen molar-refractivity contribution in [1.82, 2.24) is 0 Å².